The van der Waals surface area contributed by atoms with Gasteiger partial charge in [-0.3, -0.25) is 9.59 Å². The lowest BCUT2D eigenvalue weighted by Crippen LogP contribution is -2.60. The summed E-state index contributed by atoms with van der Waals surface area (Å²) in [5, 5.41) is 5.86. The SMILES string of the molecule is CCNC(=O)C1(NC(=O)COc2ccccc2Cc2ccccc2)CCCCC1. The summed E-state index contributed by atoms with van der Waals surface area (Å²) in [6.07, 6.45) is 5.07. The summed E-state index contributed by atoms with van der Waals surface area (Å²) in [6.45, 7) is 2.34. The van der Waals surface area contributed by atoms with Gasteiger partial charge in [-0.25, -0.2) is 0 Å². The summed E-state index contributed by atoms with van der Waals surface area (Å²) in [4.78, 5) is 25.3. The van der Waals surface area contributed by atoms with Crippen LogP contribution in [0.2, 0.25) is 0 Å². The Labute approximate surface area is 172 Å². The maximum Gasteiger partial charge on any atom is 0.258 e. The summed E-state index contributed by atoms with van der Waals surface area (Å²) < 4.78 is 5.85. The lowest BCUT2D eigenvalue weighted by atomic mass is 9.80. The first-order valence-corrected chi connectivity index (χ1v) is 10.5. The molecule has 2 N–H and O–H groups in total. The highest BCUT2D eigenvalue weighted by atomic mass is 16.5. The van der Waals surface area contributed by atoms with Crippen molar-refractivity contribution in [2.45, 2.75) is 51.0 Å². The van der Waals surface area contributed by atoms with E-state index in [0.717, 1.165) is 31.2 Å². The van der Waals surface area contributed by atoms with E-state index in [2.05, 4.69) is 22.8 Å². The lowest BCUT2D eigenvalue weighted by Gasteiger charge is -2.36. The van der Waals surface area contributed by atoms with Crippen LogP contribution in [0.4, 0.5) is 0 Å². The minimum absolute atomic E-state index is 0.0856. The summed E-state index contributed by atoms with van der Waals surface area (Å²) in [5.74, 6) is 0.354. The van der Waals surface area contributed by atoms with Crippen LogP contribution >= 0.6 is 0 Å². The average molecular weight is 395 g/mol. The number of rotatable bonds is 8. The predicted octanol–water partition coefficient (Wildman–Crippen LogP) is 3.61. The van der Waals surface area contributed by atoms with E-state index in [9.17, 15) is 9.59 Å². The molecule has 2 aromatic rings. The van der Waals surface area contributed by atoms with Crippen molar-refractivity contribution in [3.63, 3.8) is 0 Å². The zero-order valence-corrected chi connectivity index (χ0v) is 17.1. The molecule has 5 heteroatoms. The summed E-state index contributed by atoms with van der Waals surface area (Å²) in [7, 11) is 0. The number of amides is 2. The van der Waals surface area contributed by atoms with E-state index in [1.165, 1.54) is 5.56 Å². The average Bonchev–Trinajstić information content (AvgIpc) is 2.75. The van der Waals surface area contributed by atoms with Crippen LogP contribution in [0, 0.1) is 0 Å². The third kappa shape index (κ3) is 5.59. The van der Waals surface area contributed by atoms with Crippen molar-refractivity contribution in [2.75, 3.05) is 13.2 Å². The Balaban J connectivity index is 1.63. The molecule has 5 nitrogen and oxygen atoms in total. The van der Waals surface area contributed by atoms with Gasteiger partial charge in [0.1, 0.15) is 11.3 Å². The molecule has 0 aromatic heterocycles. The van der Waals surface area contributed by atoms with Crippen molar-refractivity contribution < 1.29 is 14.3 Å². The van der Waals surface area contributed by atoms with E-state index in [0.29, 0.717) is 25.1 Å². The number of nitrogens with one attached hydrogen (secondary N) is 2. The van der Waals surface area contributed by atoms with E-state index in [1.54, 1.807) is 0 Å². The molecule has 0 heterocycles. The molecule has 2 amide bonds. The van der Waals surface area contributed by atoms with Crippen molar-refractivity contribution in [3.8, 4) is 5.75 Å². The summed E-state index contributed by atoms with van der Waals surface area (Å²) in [6, 6.07) is 17.9. The Hall–Kier alpha value is -2.82. The topological polar surface area (TPSA) is 67.4 Å². The zero-order chi connectivity index (χ0) is 20.5. The van der Waals surface area contributed by atoms with Gasteiger partial charge in [0.15, 0.2) is 6.61 Å². The van der Waals surface area contributed by atoms with E-state index in [1.807, 2.05) is 49.4 Å². The fourth-order valence-corrected chi connectivity index (χ4v) is 3.95. The number of ether oxygens (including phenoxy) is 1. The first-order valence-electron chi connectivity index (χ1n) is 10.5. The molecule has 29 heavy (non-hydrogen) atoms. The molecule has 154 valence electrons. The maximum absolute atomic E-state index is 12.7. The minimum Gasteiger partial charge on any atom is -0.483 e. The molecule has 3 rings (SSSR count). The molecule has 1 saturated carbocycles. The van der Waals surface area contributed by atoms with Crippen LogP contribution in [-0.2, 0) is 16.0 Å². The van der Waals surface area contributed by atoms with Gasteiger partial charge in [-0.15, -0.1) is 0 Å². The first-order chi connectivity index (χ1) is 14.1. The van der Waals surface area contributed by atoms with Crippen LogP contribution in [0.25, 0.3) is 0 Å². The fourth-order valence-electron chi connectivity index (χ4n) is 3.95. The Morgan fingerprint density at radius 2 is 1.66 bits per heavy atom. The molecule has 0 atom stereocenters. The van der Waals surface area contributed by atoms with Crippen molar-refractivity contribution in [1.29, 1.82) is 0 Å². The standard InChI is InChI=1S/C24H30N2O3/c1-2-25-23(28)24(15-9-4-10-16-24)26-22(27)18-29-21-14-8-7-13-20(21)17-19-11-5-3-6-12-19/h3,5-8,11-14H,2,4,9-10,15-18H2,1H3,(H,25,28)(H,26,27). The largest absolute Gasteiger partial charge is 0.483 e. The highest BCUT2D eigenvalue weighted by molar-refractivity contribution is 5.92. The Morgan fingerprint density at radius 1 is 0.966 bits per heavy atom. The van der Waals surface area contributed by atoms with Crippen LogP contribution in [-0.4, -0.2) is 30.5 Å². The lowest BCUT2D eigenvalue weighted by molar-refractivity contribution is -0.135. The van der Waals surface area contributed by atoms with Gasteiger partial charge in [-0.05, 0) is 37.0 Å². The normalized spacial score (nSPS) is 15.3. The van der Waals surface area contributed by atoms with Gasteiger partial charge < -0.3 is 15.4 Å². The second-order valence-electron chi connectivity index (χ2n) is 7.61. The summed E-state index contributed by atoms with van der Waals surface area (Å²) >= 11 is 0. The number of hydrogen-bond acceptors (Lipinski definition) is 3. The van der Waals surface area contributed by atoms with E-state index >= 15 is 0 Å². The molecule has 1 fully saturated rings. The number of carbonyl (C=O) groups excluding carboxylic acids is 2. The maximum atomic E-state index is 12.7. The first kappa shape index (κ1) is 20.9. The van der Waals surface area contributed by atoms with E-state index in [-0.39, 0.29) is 18.4 Å². The Kier molecular flexibility index (Phi) is 7.28. The van der Waals surface area contributed by atoms with Gasteiger partial charge >= 0.3 is 0 Å². The quantitative estimate of drug-likeness (QED) is 0.719. The second-order valence-corrected chi connectivity index (χ2v) is 7.61. The third-order valence-corrected chi connectivity index (χ3v) is 5.43. The van der Waals surface area contributed by atoms with Gasteiger partial charge in [0.05, 0.1) is 0 Å². The zero-order valence-electron chi connectivity index (χ0n) is 17.1. The van der Waals surface area contributed by atoms with Gasteiger partial charge in [-0.2, -0.15) is 0 Å². The summed E-state index contributed by atoms with van der Waals surface area (Å²) in [5.41, 5.74) is 1.41. The van der Waals surface area contributed by atoms with Gasteiger partial charge in [-0.1, -0.05) is 67.8 Å². The molecule has 1 aliphatic carbocycles. The van der Waals surface area contributed by atoms with Crippen LogP contribution in [0.1, 0.15) is 50.2 Å². The van der Waals surface area contributed by atoms with Crippen LogP contribution in [0.5, 0.6) is 5.75 Å². The molecule has 0 radical (unpaired) electrons. The van der Waals surface area contributed by atoms with Gasteiger partial charge in [0.25, 0.3) is 5.91 Å². The molecular formula is C24H30N2O3. The second kappa shape index (κ2) is 10.1. The van der Waals surface area contributed by atoms with E-state index in [4.69, 9.17) is 4.74 Å². The number of likely N-dealkylation sites (N-methyl/N-ethyl adjacent to an activating group) is 1. The number of hydrogen-bond donors (Lipinski definition) is 2. The molecule has 2 aromatic carbocycles. The highest BCUT2D eigenvalue weighted by Crippen LogP contribution is 2.28. The third-order valence-electron chi connectivity index (χ3n) is 5.43. The van der Waals surface area contributed by atoms with Crippen LogP contribution in [0.15, 0.2) is 54.6 Å². The molecule has 1 aliphatic rings. The number of carbonyl (C=O) groups is 2. The molecule has 0 aliphatic heterocycles. The Bertz CT molecular complexity index is 814. The molecule has 0 unspecified atom stereocenters. The minimum atomic E-state index is -0.807. The van der Waals surface area contributed by atoms with Crippen molar-refractivity contribution >= 4 is 11.8 Å². The van der Waals surface area contributed by atoms with E-state index < -0.39 is 5.54 Å². The van der Waals surface area contributed by atoms with Crippen molar-refractivity contribution in [3.05, 3.63) is 65.7 Å². The smallest absolute Gasteiger partial charge is 0.258 e. The molecular weight excluding hydrogens is 364 g/mol. The highest BCUT2D eigenvalue weighted by Gasteiger charge is 2.40. The van der Waals surface area contributed by atoms with Crippen molar-refractivity contribution in [1.82, 2.24) is 10.6 Å². The van der Waals surface area contributed by atoms with Gasteiger partial charge in [0, 0.05) is 13.0 Å². The molecule has 0 bridgehead atoms. The van der Waals surface area contributed by atoms with Crippen LogP contribution in [0.3, 0.4) is 0 Å². The van der Waals surface area contributed by atoms with Crippen LogP contribution < -0.4 is 15.4 Å². The number of para-hydroxylation sites is 1. The number of benzene rings is 2. The fraction of sp³-hybridized carbons (Fsp3) is 0.417. The monoisotopic (exact) mass is 394 g/mol. The Morgan fingerprint density at radius 3 is 2.38 bits per heavy atom. The molecule has 0 saturated heterocycles. The van der Waals surface area contributed by atoms with Crippen molar-refractivity contribution in [2.24, 2.45) is 0 Å². The van der Waals surface area contributed by atoms with Gasteiger partial charge in [0.2, 0.25) is 5.91 Å². The molecule has 0 spiro atoms. The predicted molar refractivity (Wildman–Crippen MR) is 114 cm³/mol.